The van der Waals surface area contributed by atoms with E-state index in [4.69, 9.17) is 0 Å². The summed E-state index contributed by atoms with van der Waals surface area (Å²) < 4.78 is 13.4. The van der Waals surface area contributed by atoms with Crippen molar-refractivity contribution in [3.05, 3.63) is 71.5 Å². The number of nitrogens with one attached hydrogen (secondary N) is 1. The Hall–Kier alpha value is -2.93. The van der Waals surface area contributed by atoms with Crippen molar-refractivity contribution in [2.45, 2.75) is 53.6 Å². The number of hydrogen-bond donors (Lipinski definition) is 1. The number of benzene rings is 2. The van der Waals surface area contributed by atoms with Gasteiger partial charge in [-0.15, -0.1) is 0 Å². The van der Waals surface area contributed by atoms with Crippen LogP contribution < -0.4 is 5.32 Å². The van der Waals surface area contributed by atoms with Crippen LogP contribution in [-0.2, 0) is 17.9 Å². The van der Waals surface area contributed by atoms with Gasteiger partial charge < -0.3 is 15.1 Å². The molecule has 1 unspecified atom stereocenters. The summed E-state index contributed by atoms with van der Waals surface area (Å²) >= 11 is 0. The molecule has 7 heteroatoms. The summed E-state index contributed by atoms with van der Waals surface area (Å²) in [4.78, 5) is 31.9. The summed E-state index contributed by atoms with van der Waals surface area (Å²) in [5, 5.41) is 3.00. The highest BCUT2D eigenvalue weighted by Crippen LogP contribution is 2.26. The Labute approximate surface area is 221 Å². The fourth-order valence-corrected chi connectivity index (χ4v) is 4.97. The van der Waals surface area contributed by atoms with Crippen molar-refractivity contribution in [3.63, 3.8) is 0 Å². The summed E-state index contributed by atoms with van der Waals surface area (Å²) in [5.74, 6) is 0.160. The lowest BCUT2D eigenvalue weighted by molar-refractivity contribution is -0.133. The topological polar surface area (TPSA) is 55.9 Å². The number of carbonyl (C=O) groups excluding carboxylic acids is 2. The molecule has 2 aromatic rings. The molecule has 6 nitrogen and oxygen atoms in total. The van der Waals surface area contributed by atoms with Gasteiger partial charge in [0.15, 0.2) is 0 Å². The zero-order valence-electron chi connectivity index (χ0n) is 22.9. The molecule has 1 saturated heterocycles. The van der Waals surface area contributed by atoms with Crippen LogP contribution in [0.2, 0.25) is 0 Å². The number of hydrogen-bond acceptors (Lipinski definition) is 3. The van der Waals surface area contributed by atoms with Crippen LogP contribution in [-0.4, -0.2) is 65.9 Å². The standard InChI is InChI=1S/C30H43FN4O2/c1-24(21-30(2,3)4)20-28(36)35(23-26-10-12-27(31)13-11-26)19-16-33-14-17-34(18-15-33)29(37)32-22-25-8-6-5-7-9-25/h5-13,24H,14-23H2,1-4H3,(H,32,37). The van der Waals surface area contributed by atoms with Crippen LogP contribution in [0, 0.1) is 17.2 Å². The van der Waals surface area contributed by atoms with Gasteiger partial charge in [-0.3, -0.25) is 9.69 Å². The number of amides is 3. The summed E-state index contributed by atoms with van der Waals surface area (Å²) in [5.41, 5.74) is 2.18. The fourth-order valence-electron chi connectivity index (χ4n) is 4.97. The molecule has 0 bridgehead atoms. The van der Waals surface area contributed by atoms with Gasteiger partial charge in [-0.05, 0) is 41.0 Å². The smallest absolute Gasteiger partial charge is 0.317 e. The van der Waals surface area contributed by atoms with E-state index in [2.05, 4.69) is 37.9 Å². The van der Waals surface area contributed by atoms with Crippen molar-refractivity contribution >= 4 is 11.9 Å². The third-order valence-electron chi connectivity index (χ3n) is 6.76. The predicted molar refractivity (Wildman–Crippen MR) is 146 cm³/mol. The molecule has 1 heterocycles. The number of carbonyl (C=O) groups is 2. The Morgan fingerprint density at radius 1 is 0.973 bits per heavy atom. The van der Waals surface area contributed by atoms with Gasteiger partial charge in [-0.25, -0.2) is 9.18 Å². The second-order valence-corrected chi connectivity index (χ2v) is 11.5. The Morgan fingerprint density at radius 3 is 2.24 bits per heavy atom. The largest absolute Gasteiger partial charge is 0.337 e. The normalized spacial score (nSPS) is 15.3. The lowest BCUT2D eigenvalue weighted by atomic mass is 9.84. The summed E-state index contributed by atoms with van der Waals surface area (Å²) in [7, 11) is 0. The van der Waals surface area contributed by atoms with Gasteiger partial charge in [0.2, 0.25) is 5.91 Å². The van der Waals surface area contributed by atoms with E-state index in [1.807, 2.05) is 40.1 Å². The van der Waals surface area contributed by atoms with E-state index in [1.54, 1.807) is 12.1 Å². The number of rotatable bonds is 10. The van der Waals surface area contributed by atoms with Crippen molar-refractivity contribution < 1.29 is 14.0 Å². The quantitative estimate of drug-likeness (QED) is 0.481. The first-order valence-corrected chi connectivity index (χ1v) is 13.4. The third-order valence-corrected chi connectivity index (χ3v) is 6.76. The first-order chi connectivity index (χ1) is 17.6. The molecule has 1 fully saturated rings. The van der Waals surface area contributed by atoms with E-state index in [1.165, 1.54) is 12.1 Å². The maximum atomic E-state index is 13.4. The van der Waals surface area contributed by atoms with Gasteiger partial charge in [0.25, 0.3) is 0 Å². The van der Waals surface area contributed by atoms with Crippen molar-refractivity contribution in [2.24, 2.45) is 11.3 Å². The second-order valence-electron chi connectivity index (χ2n) is 11.5. The number of halogens is 1. The van der Waals surface area contributed by atoms with Crippen LogP contribution in [0.15, 0.2) is 54.6 Å². The molecular weight excluding hydrogens is 467 g/mol. The van der Waals surface area contributed by atoms with Gasteiger partial charge in [0.05, 0.1) is 0 Å². The van der Waals surface area contributed by atoms with Crippen LogP contribution in [0.1, 0.15) is 51.7 Å². The first kappa shape index (κ1) is 28.6. The van der Waals surface area contributed by atoms with Gasteiger partial charge in [-0.2, -0.15) is 0 Å². The molecule has 0 spiro atoms. The molecule has 3 rings (SSSR count). The zero-order valence-corrected chi connectivity index (χ0v) is 22.9. The van der Waals surface area contributed by atoms with Crippen LogP contribution in [0.25, 0.3) is 0 Å². The molecular formula is C30H43FN4O2. The van der Waals surface area contributed by atoms with Crippen LogP contribution in [0.3, 0.4) is 0 Å². The van der Waals surface area contributed by atoms with Crippen molar-refractivity contribution in [3.8, 4) is 0 Å². The Morgan fingerprint density at radius 2 is 1.62 bits per heavy atom. The van der Waals surface area contributed by atoms with Gasteiger partial charge in [0, 0.05) is 58.8 Å². The molecule has 1 aliphatic rings. The van der Waals surface area contributed by atoms with E-state index in [-0.39, 0.29) is 23.2 Å². The average molecular weight is 511 g/mol. The third kappa shape index (κ3) is 10.2. The molecule has 0 radical (unpaired) electrons. The maximum Gasteiger partial charge on any atom is 0.317 e. The fraction of sp³-hybridized carbons (Fsp3) is 0.533. The SMILES string of the molecule is CC(CC(=O)N(CCN1CCN(C(=O)NCc2ccccc2)CC1)Cc1ccc(F)cc1)CC(C)(C)C. The lowest BCUT2D eigenvalue weighted by Crippen LogP contribution is -2.52. The van der Waals surface area contributed by atoms with E-state index >= 15 is 0 Å². The maximum absolute atomic E-state index is 13.4. The molecule has 2 aromatic carbocycles. The Bertz CT molecular complexity index is 983. The summed E-state index contributed by atoms with van der Waals surface area (Å²) in [6.45, 7) is 14.0. The van der Waals surface area contributed by atoms with Crippen LogP contribution >= 0.6 is 0 Å². The van der Waals surface area contributed by atoms with Gasteiger partial charge in [0.1, 0.15) is 5.82 Å². The Balaban J connectivity index is 1.50. The molecule has 0 aromatic heterocycles. The number of nitrogens with zero attached hydrogens (tertiary/aromatic N) is 3. The van der Waals surface area contributed by atoms with E-state index in [9.17, 15) is 14.0 Å². The molecule has 0 aliphatic carbocycles. The van der Waals surface area contributed by atoms with E-state index < -0.39 is 0 Å². The van der Waals surface area contributed by atoms with Crippen molar-refractivity contribution in [1.29, 1.82) is 0 Å². The van der Waals surface area contributed by atoms with Crippen LogP contribution in [0.4, 0.5) is 9.18 Å². The average Bonchev–Trinajstić information content (AvgIpc) is 2.86. The Kier molecular flexibility index (Phi) is 10.5. The minimum atomic E-state index is -0.272. The highest BCUT2D eigenvalue weighted by atomic mass is 19.1. The molecule has 1 N–H and O–H groups in total. The summed E-state index contributed by atoms with van der Waals surface area (Å²) in [6.07, 6.45) is 1.49. The molecule has 202 valence electrons. The van der Waals surface area contributed by atoms with Gasteiger partial charge >= 0.3 is 6.03 Å². The highest BCUT2D eigenvalue weighted by Gasteiger charge is 2.24. The molecule has 1 aliphatic heterocycles. The van der Waals surface area contributed by atoms with E-state index in [0.29, 0.717) is 45.1 Å². The molecule has 0 saturated carbocycles. The molecule has 3 amide bonds. The zero-order chi connectivity index (χ0) is 26.8. The minimum Gasteiger partial charge on any atom is -0.337 e. The van der Waals surface area contributed by atoms with E-state index in [0.717, 1.165) is 37.2 Å². The highest BCUT2D eigenvalue weighted by molar-refractivity contribution is 5.76. The second kappa shape index (κ2) is 13.6. The van der Waals surface area contributed by atoms with Gasteiger partial charge in [-0.1, -0.05) is 70.2 Å². The monoisotopic (exact) mass is 510 g/mol. The molecule has 1 atom stereocenters. The number of urea groups is 1. The molecule has 37 heavy (non-hydrogen) atoms. The first-order valence-electron chi connectivity index (χ1n) is 13.4. The summed E-state index contributed by atoms with van der Waals surface area (Å²) in [6, 6.07) is 16.3. The van der Waals surface area contributed by atoms with Crippen molar-refractivity contribution in [1.82, 2.24) is 20.0 Å². The number of piperazine rings is 1. The van der Waals surface area contributed by atoms with Crippen LogP contribution in [0.5, 0.6) is 0 Å². The van der Waals surface area contributed by atoms with Crippen molar-refractivity contribution in [2.75, 3.05) is 39.3 Å². The lowest BCUT2D eigenvalue weighted by Gasteiger charge is -2.36. The predicted octanol–water partition coefficient (Wildman–Crippen LogP) is 5.14. The minimum absolute atomic E-state index is 0.0375.